The van der Waals surface area contributed by atoms with E-state index < -0.39 is 18.0 Å². The number of nitrogens with one attached hydrogen (secondary N) is 1. The van der Waals surface area contributed by atoms with Gasteiger partial charge in [0, 0.05) is 11.9 Å². The lowest BCUT2D eigenvalue weighted by molar-refractivity contribution is -0.123. The second-order valence-corrected chi connectivity index (χ2v) is 5.49. The summed E-state index contributed by atoms with van der Waals surface area (Å²) in [7, 11) is 0. The van der Waals surface area contributed by atoms with E-state index in [1.54, 1.807) is 18.2 Å². The zero-order chi connectivity index (χ0) is 17.7. The van der Waals surface area contributed by atoms with E-state index in [4.69, 9.17) is 33.2 Å². The molecule has 0 unspecified atom stereocenters. The third-order valence-corrected chi connectivity index (χ3v) is 3.63. The molecule has 24 heavy (non-hydrogen) atoms. The molecule has 0 fully saturated rings. The van der Waals surface area contributed by atoms with Crippen LogP contribution in [0.15, 0.2) is 36.5 Å². The first-order valence-corrected chi connectivity index (χ1v) is 7.49. The molecule has 1 aromatic carbocycles. The van der Waals surface area contributed by atoms with Gasteiger partial charge in [0.15, 0.2) is 6.10 Å². The van der Waals surface area contributed by atoms with Crippen LogP contribution in [0.3, 0.4) is 0 Å². The van der Waals surface area contributed by atoms with Gasteiger partial charge in [0.25, 0.3) is 5.91 Å². The first-order valence-electron chi connectivity index (χ1n) is 6.73. The van der Waals surface area contributed by atoms with E-state index in [9.17, 15) is 9.59 Å². The van der Waals surface area contributed by atoms with E-state index >= 15 is 0 Å². The number of anilines is 1. The van der Waals surface area contributed by atoms with E-state index in [2.05, 4.69) is 10.3 Å². The van der Waals surface area contributed by atoms with Crippen LogP contribution >= 0.6 is 23.2 Å². The molecule has 6 nitrogen and oxygen atoms in total. The minimum absolute atomic E-state index is 0.0661. The van der Waals surface area contributed by atoms with Gasteiger partial charge in [-0.15, -0.1) is 0 Å². The molecule has 0 bridgehead atoms. The number of ether oxygens (including phenoxy) is 1. The zero-order valence-electron chi connectivity index (χ0n) is 12.4. The average Bonchev–Trinajstić information content (AvgIpc) is 2.57. The van der Waals surface area contributed by atoms with E-state index in [-0.39, 0.29) is 15.7 Å². The van der Waals surface area contributed by atoms with Gasteiger partial charge in [-0.1, -0.05) is 29.3 Å². The molecule has 2 aromatic rings. The van der Waals surface area contributed by atoms with Gasteiger partial charge < -0.3 is 10.1 Å². The van der Waals surface area contributed by atoms with Crippen molar-refractivity contribution in [2.45, 2.75) is 13.0 Å². The number of halogens is 2. The Morgan fingerprint density at radius 1 is 1.33 bits per heavy atom. The number of benzene rings is 1. The Kier molecular flexibility index (Phi) is 5.74. The van der Waals surface area contributed by atoms with Gasteiger partial charge in [0.2, 0.25) is 0 Å². The summed E-state index contributed by atoms with van der Waals surface area (Å²) in [4.78, 5) is 27.8. The lowest BCUT2D eigenvalue weighted by atomic mass is 10.2. The first-order chi connectivity index (χ1) is 11.4. The average molecular weight is 364 g/mol. The van der Waals surface area contributed by atoms with Crippen molar-refractivity contribution >= 4 is 40.8 Å². The van der Waals surface area contributed by atoms with E-state index in [0.717, 1.165) is 0 Å². The summed E-state index contributed by atoms with van der Waals surface area (Å²) in [6.45, 7) is 1.42. The zero-order valence-corrected chi connectivity index (χ0v) is 13.9. The summed E-state index contributed by atoms with van der Waals surface area (Å²) in [5.41, 5.74) is 0.910. The number of hydrogen-bond donors (Lipinski definition) is 1. The minimum Gasteiger partial charge on any atom is -0.449 e. The second-order valence-electron chi connectivity index (χ2n) is 4.73. The normalized spacial score (nSPS) is 11.2. The highest BCUT2D eigenvalue weighted by Gasteiger charge is 2.20. The molecule has 0 spiro atoms. The third-order valence-electron chi connectivity index (χ3n) is 2.94. The van der Waals surface area contributed by atoms with Crippen molar-refractivity contribution in [1.82, 2.24) is 4.98 Å². The van der Waals surface area contributed by atoms with Gasteiger partial charge in [-0.3, -0.25) is 4.79 Å². The molecule has 122 valence electrons. The Morgan fingerprint density at radius 3 is 2.75 bits per heavy atom. The quantitative estimate of drug-likeness (QED) is 0.663. The van der Waals surface area contributed by atoms with Gasteiger partial charge in [-0.2, -0.15) is 5.26 Å². The molecular formula is C16H11Cl2N3O3. The number of pyridine rings is 1. The van der Waals surface area contributed by atoms with Crippen LogP contribution in [0.4, 0.5) is 5.69 Å². The summed E-state index contributed by atoms with van der Waals surface area (Å²) in [6, 6.07) is 9.64. The molecule has 0 aliphatic rings. The topological polar surface area (TPSA) is 92.1 Å². The maximum absolute atomic E-state index is 12.1. The van der Waals surface area contributed by atoms with Gasteiger partial charge in [0.05, 0.1) is 22.2 Å². The maximum Gasteiger partial charge on any atom is 0.340 e. The number of nitrogens with zero attached hydrogens (tertiary/aromatic N) is 2. The molecule has 2 rings (SSSR count). The molecular weight excluding hydrogens is 353 g/mol. The first kappa shape index (κ1) is 17.7. The number of nitriles is 1. The van der Waals surface area contributed by atoms with Crippen LogP contribution in [0.5, 0.6) is 0 Å². The predicted octanol–water partition coefficient (Wildman–Crippen LogP) is 3.44. The highest BCUT2D eigenvalue weighted by atomic mass is 35.5. The van der Waals surface area contributed by atoms with Crippen LogP contribution in [-0.2, 0) is 9.53 Å². The van der Waals surface area contributed by atoms with E-state index in [0.29, 0.717) is 11.3 Å². The standard InChI is InChI=1S/C16H11Cl2N3O3/c1-9(15(22)21-12-4-2-3-10(5-12)7-19)24-16(23)11-6-13(17)14(18)20-8-11/h2-6,8-9H,1H3,(H,21,22)/t9-/m0/s1. The highest BCUT2D eigenvalue weighted by molar-refractivity contribution is 6.41. The number of aromatic nitrogens is 1. The van der Waals surface area contributed by atoms with Crippen molar-refractivity contribution < 1.29 is 14.3 Å². The van der Waals surface area contributed by atoms with Crippen LogP contribution in [0, 0.1) is 11.3 Å². The van der Waals surface area contributed by atoms with Crippen molar-refractivity contribution in [3.05, 3.63) is 57.8 Å². The van der Waals surface area contributed by atoms with Gasteiger partial charge in [-0.05, 0) is 31.2 Å². The molecule has 0 radical (unpaired) electrons. The summed E-state index contributed by atoms with van der Waals surface area (Å²) in [5.74, 6) is -1.29. The number of hydrogen-bond acceptors (Lipinski definition) is 5. The Morgan fingerprint density at radius 2 is 2.08 bits per heavy atom. The fourth-order valence-corrected chi connectivity index (χ4v) is 2.00. The molecule has 1 heterocycles. The van der Waals surface area contributed by atoms with Crippen molar-refractivity contribution in [3.63, 3.8) is 0 Å². The number of rotatable bonds is 4. The molecule has 1 amide bonds. The molecule has 1 aromatic heterocycles. The second kappa shape index (κ2) is 7.77. The smallest absolute Gasteiger partial charge is 0.340 e. The van der Waals surface area contributed by atoms with Crippen LogP contribution in [0.1, 0.15) is 22.8 Å². The number of carbonyl (C=O) groups is 2. The minimum atomic E-state index is -1.06. The van der Waals surface area contributed by atoms with Gasteiger partial charge in [-0.25, -0.2) is 9.78 Å². The summed E-state index contributed by atoms with van der Waals surface area (Å²) in [5, 5.41) is 11.6. The van der Waals surface area contributed by atoms with Crippen LogP contribution in [-0.4, -0.2) is 23.0 Å². The summed E-state index contributed by atoms with van der Waals surface area (Å²) < 4.78 is 5.06. The summed E-state index contributed by atoms with van der Waals surface area (Å²) in [6.07, 6.45) is 0.148. The Labute approximate surface area is 148 Å². The largest absolute Gasteiger partial charge is 0.449 e. The Hall–Kier alpha value is -2.62. The van der Waals surface area contributed by atoms with E-state index in [1.165, 1.54) is 25.3 Å². The third kappa shape index (κ3) is 4.44. The maximum atomic E-state index is 12.1. The molecule has 1 N–H and O–H groups in total. The molecule has 0 saturated carbocycles. The lowest BCUT2D eigenvalue weighted by Gasteiger charge is -2.13. The Bertz CT molecular complexity index is 834. The Balaban J connectivity index is 2.01. The van der Waals surface area contributed by atoms with Crippen LogP contribution in [0.2, 0.25) is 10.2 Å². The highest BCUT2D eigenvalue weighted by Crippen LogP contribution is 2.20. The van der Waals surface area contributed by atoms with Crippen molar-refractivity contribution in [2.75, 3.05) is 5.32 Å². The number of carbonyl (C=O) groups excluding carboxylic acids is 2. The van der Waals surface area contributed by atoms with Crippen molar-refractivity contribution in [1.29, 1.82) is 5.26 Å². The molecule has 0 aliphatic carbocycles. The van der Waals surface area contributed by atoms with E-state index in [1.807, 2.05) is 6.07 Å². The molecule has 0 saturated heterocycles. The molecule has 0 aliphatic heterocycles. The number of esters is 1. The number of amides is 1. The fraction of sp³-hybridized carbons (Fsp3) is 0.125. The van der Waals surface area contributed by atoms with Crippen molar-refractivity contribution in [3.8, 4) is 6.07 Å². The van der Waals surface area contributed by atoms with Gasteiger partial charge in [0.1, 0.15) is 5.15 Å². The molecule has 8 heteroatoms. The molecule has 1 atom stereocenters. The monoisotopic (exact) mass is 363 g/mol. The SMILES string of the molecule is C[C@H](OC(=O)c1cnc(Cl)c(Cl)c1)C(=O)Nc1cccc(C#N)c1. The van der Waals surface area contributed by atoms with Crippen LogP contribution in [0.25, 0.3) is 0 Å². The summed E-state index contributed by atoms with van der Waals surface area (Å²) >= 11 is 11.5. The predicted molar refractivity (Wildman–Crippen MR) is 88.9 cm³/mol. The lowest BCUT2D eigenvalue weighted by Crippen LogP contribution is -2.30. The van der Waals surface area contributed by atoms with Crippen LogP contribution < -0.4 is 5.32 Å². The van der Waals surface area contributed by atoms with Crippen molar-refractivity contribution in [2.24, 2.45) is 0 Å². The van der Waals surface area contributed by atoms with Gasteiger partial charge >= 0.3 is 5.97 Å². The fourth-order valence-electron chi connectivity index (χ4n) is 1.73.